The molecule has 0 spiro atoms. The van der Waals surface area contributed by atoms with Gasteiger partial charge in [0.15, 0.2) is 0 Å². The predicted octanol–water partition coefficient (Wildman–Crippen LogP) is 3.97. The molecule has 0 unspecified atom stereocenters. The number of aliphatic imine (C=N–C) groups is 1. The molecule has 70 valence electrons. The third kappa shape index (κ3) is 7.26. The van der Waals surface area contributed by atoms with E-state index in [1.54, 1.807) is 0 Å². The molecule has 1 nitrogen and oxygen atoms in total. The van der Waals surface area contributed by atoms with Crippen LogP contribution >= 0.6 is 0 Å². The number of rotatable bonds is 4. The van der Waals surface area contributed by atoms with Crippen LogP contribution in [0.15, 0.2) is 28.9 Å². The average molecular weight is 167 g/mol. The number of nitrogens with zero attached hydrogens (tertiary/aromatic N) is 1. The van der Waals surface area contributed by atoms with Gasteiger partial charge in [-0.05, 0) is 25.6 Å². The molecule has 0 amide bonds. The highest BCUT2D eigenvalue weighted by Crippen LogP contribution is 2.07. The van der Waals surface area contributed by atoms with Crippen molar-refractivity contribution >= 4 is 6.72 Å². The van der Waals surface area contributed by atoms with Crippen molar-refractivity contribution < 1.29 is 0 Å². The molecule has 0 heterocycles. The summed E-state index contributed by atoms with van der Waals surface area (Å²) in [7, 11) is 0. The molecule has 0 aliphatic rings. The summed E-state index contributed by atoms with van der Waals surface area (Å²) in [5, 5.41) is 0. The van der Waals surface area contributed by atoms with Gasteiger partial charge in [-0.3, -0.25) is 4.99 Å². The summed E-state index contributed by atoms with van der Waals surface area (Å²) in [5.41, 5.74) is 2.14. The molecule has 0 aromatic heterocycles. The number of hydrogen-bond donors (Lipinski definition) is 0. The van der Waals surface area contributed by atoms with Gasteiger partial charge in [-0.2, -0.15) is 0 Å². The minimum atomic E-state index is 0.933. The molecule has 0 aromatic carbocycles. The Kier molecular flexibility index (Phi) is 11.6. The maximum absolute atomic E-state index is 3.84. The maximum Gasteiger partial charge on any atom is 0.0396 e. The molecule has 0 radical (unpaired) electrons. The summed E-state index contributed by atoms with van der Waals surface area (Å²) in [4.78, 5) is 3.84. The van der Waals surface area contributed by atoms with Gasteiger partial charge in [0.25, 0.3) is 0 Å². The van der Waals surface area contributed by atoms with E-state index in [9.17, 15) is 0 Å². The molecular formula is C11H21N. The minimum Gasteiger partial charge on any atom is -0.269 e. The lowest BCUT2D eigenvalue weighted by Crippen LogP contribution is -1.77. The van der Waals surface area contributed by atoms with E-state index in [0.717, 1.165) is 24.1 Å². The van der Waals surface area contributed by atoms with Crippen LogP contribution in [-0.2, 0) is 0 Å². The van der Waals surface area contributed by atoms with Gasteiger partial charge in [-0.25, -0.2) is 0 Å². The fourth-order valence-corrected chi connectivity index (χ4v) is 0.597. The van der Waals surface area contributed by atoms with Crippen LogP contribution in [0.2, 0.25) is 0 Å². The van der Waals surface area contributed by atoms with Gasteiger partial charge in [0, 0.05) is 5.70 Å². The van der Waals surface area contributed by atoms with Gasteiger partial charge in [0.05, 0.1) is 0 Å². The van der Waals surface area contributed by atoms with Crippen LogP contribution in [-0.4, -0.2) is 6.72 Å². The Balaban J connectivity index is 0. The zero-order valence-electron chi connectivity index (χ0n) is 8.85. The Hall–Kier alpha value is -0.850. The van der Waals surface area contributed by atoms with Gasteiger partial charge in [-0.15, -0.1) is 0 Å². The molecule has 0 rings (SSSR count). The van der Waals surface area contributed by atoms with Crippen molar-refractivity contribution in [2.24, 2.45) is 4.99 Å². The zero-order chi connectivity index (χ0) is 9.98. The smallest absolute Gasteiger partial charge is 0.0396 e. The minimum absolute atomic E-state index is 0.933. The van der Waals surface area contributed by atoms with Gasteiger partial charge < -0.3 is 0 Å². The second-order valence-electron chi connectivity index (χ2n) is 2.16. The highest BCUT2D eigenvalue weighted by molar-refractivity contribution is 5.31. The SMILES string of the molecule is C=N/C(=C\C(=C)CC)CC.CC. The third-order valence-corrected chi connectivity index (χ3v) is 1.39. The monoisotopic (exact) mass is 167 g/mol. The Bertz CT molecular complexity index is 154. The molecule has 0 aliphatic heterocycles. The Labute approximate surface area is 76.9 Å². The van der Waals surface area contributed by atoms with E-state index in [1.165, 1.54) is 0 Å². The normalized spacial score (nSPS) is 9.83. The lowest BCUT2D eigenvalue weighted by molar-refractivity contribution is 1.05. The standard InChI is InChI=1S/C9H15N.C2H6/c1-5-8(3)7-9(6-2)10-4;1-2/h7H,3-6H2,1-2H3;1-2H3/b9-7-;. The Morgan fingerprint density at radius 2 is 1.75 bits per heavy atom. The van der Waals surface area contributed by atoms with Crippen LogP contribution in [0, 0.1) is 0 Å². The molecule has 0 aliphatic carbocycles. The Morgan fingerprint density at radius 1 is 1.25 bits per heavy atom. The third-order valence-electron chi connectivity index (χ3n) is 1.39. The maximum atomic E-state index is 3.84. The Morgan fingerprint density at radius 3 is 2.00 bits per heavy atom. The summed E-state index contributed by atoms with van der Waals surface area (Å²) >= 11 is 0. The van der Waals surface area contributed by atoms with Crippen molar-refractivity contribution in [3.05, 3.63) is 23.9 Å². The summed E-state index contributed by atoms with van der Waals surface area (Å²) in [6.07, 6.45) is 3.91. The van der Waals surface area contributed by atoms with Gasteiger partial charge in [0.2, 0.25) is 0 Å². The van der Waals surface area contributed by atoms with Crippen LogP contribution in [0.4, 0.5) is 0 Å². The second kappa shape index (κ2) is 10.2. The van der Waals surface area contributed by atoms with Crippen molar-refractivity contribution in [3.8, 4) is 0 Å². The van der Waals surface area contributed by atoms with Crippen LogP contribution in [0.25, 0.3) is 0 Å². The van der Waals surface area contributed by atoms with Crippen molar-refractivity contribution in [2.75, 3.05) is 0 Å². The molecular weight excluding hydrogens is 146 g/mol. The molecule has 0 fully saturated rings. The van der Waals surface area contributed by atoms with Crippen LogP contribution in [0.1, 0.15) is 40.5 Å². The molecule has 1 heteroatoms. The van der Waals surface area contributed by atoms with Gasteiger partial charge in [0.1, 0.15) is 0 Å². The summed E-state index contributed by atoms with van der Waals surface area (Å²) in [6, 6.07) is 0. The van der Waals surface area contributed by atoms with Gasteiger partial charge in [-0.1, -0.05) is 39.8 Å². The molecule has 0 bridgehead atoms. The first-order chi connectivity index (χ1) is 5.74. The molecule has 0 aromatic rings. The van der Waals surface area contributed by atoms with Crippen molar-refractivity contribution in [1.82, 2.24) is 0 Å². The van der Waals surface area contributed by atoms with Gasteiger partial charge >= 0.3 is 0 Å². The van der Waals surface area contributed by atoms with Crippen molar-refractivity contribution in [1.29, 1.82) is 0 Å². The highest BCUT2D eigenvalue weighted by atomic mass is 14.7. The first-order valence-corrected chi connectivity index (χ1v) is 4.59. The molecule has 0 N–H and O–H groups in total. The lowest BCUT2D eigenvalue weighted by Gasteiger charge is -1.96. The largest absolute Gasteiger partial charge is 0.269 e. The molecule has 0 atom stereocenters. The van der Waals surface area contributed by atoms with E-state index >= 15 is 0 Å². The van der Waals surface area contributed by atoms with Crippen molar-refractivity contribution in [3.63, 3.8) is 0 Å². The number of allylic oxidation sites excluding steroid dienone is 3. The molecule has 0 saturated heterocycles. The topological polar surface area (TPSA) is 12.4 Å². The fraction of sp³-hybridized carbons (Fsp3) is 0.545. The molecule has 12 heavy (non-hydrogen) atoms. The van der Waals surface area contributed by atoms with E-state index in [-0.39, 0.29) is 0 Å². The van der Waals surface area contributed by atoms with E-state index in [4.69, 9.17) is 0 Å². The average Bonchev–Trinajstić information content (AvgIpc) is 2.16. The zero-order valence-corrected chi connectivity index (χ0v) is 8.85. The van der Waals surface area contributed by atoms with E-state index in [0.29, 0.717) is 0 Å². The van der Waals surface area contributed by atoms with E-state index < -0.39 is 0 Å². The second-order valence-corrected chi connectivity index (χ2v) is 2.16. The first kappa shape index (κ1) is 13.7. The summed E-state index contributed by atoms with van der Waals surface area (Å²) < 4.78 is 0. The van der Waals surface area contributed by atoms with Crippen LogP contribution in [0.5, 0.6) is 0 Å². The fourth-order valence-electron chi connectivity index (χ4n) is 0.597. The number of hydrogen-bond acceptors (Lipinski definition) is 1. The highest BCUT2D eigenvalue weighted by Gasteiger charge is 1.88. The van der Waals surface area contributed by atoms with E-state index in [2.05, 4.69) is 32.1 Å². The quantitative estimate of drug-likeness (QED) is 0.443. The summed E-state index contributed by atoms with van der Waals surface area (Å²) in [6.45, 7) is 15.4. The van der Waals surface area contributed by atoms with Crippen LogP contribution < -0.4 is 0 Å². The van der Waals surface area contributed by atoms with E-state index in [1.807, 2.05) is 19.9 Å². The lowest BCUT2D eigenvalue weighted by atomic mass is 10.2. The summed E-state index contributed by atoms with van der Waals surface area (Å²) in [5.74, 6) is 0. The predicted molar refractivity (Wildman–Crippen MR) is 58.7 cm³/mol. The first-order valence-electron chi connectivity index (χ1n) is 4.59. The molecule has 0 saturated carbocycles. The van der Waals surface area contributed by atoms with Crippen LogP contribution in [0.3, 0.4) is 0 Å². The van der Waals surface area contributed by atoms with Crippen molar-refractivity contribution in [2.45, 2.75) is 40.5 Å².